The third-order valence-corrected chi connectivity index (χ3v) is 5.06. The van der Waals surface area contributed by atoms with Crippen molar-refractivity contribution in [2.45, 2.75) is 39.3 Å². The van der Waals surface area contributed by atoms with Gasteiger partial charge in [-0.25, -0.2) is 0 Å². The van der Waals surface area contributed by atoms with Crippen molar-refractivity contribution in [2.75, 3.05) is 18.9 Å². The molecule has 0 radical (unpaired) electrons. The Labute approximate surface area is 134 Å². The Morgan fingerprint density at radius 2 is 2.32 bits per heavy atom. The molecular weight excluding hydrogens is 298 g/mol. The predicted octanol–water partition coefficient (Wildman–Crippen LogP) is 2.30. The van der Waals surface area contributed by atoms with E-state index in [0.29, 0.717) is 0 Å². The van der Waals surface area contributed by atoms with Crippen LogP contribution in [0.5, 0.6) is 0 Å². The molecule has 7 heteroatoms. The number of aryl methyl sites for hydroxylation is 2. The van der Waals surface area contributed by atoms with Crippen LogP contribution in [0.2, 0.25) is 0 Å². The highest BCUT2D eigenvalue weighted by molar-refractivity contribution is 7.10. The summed E-state index contributed by atoms with van der Waals surface area (Å²) in [6.07, 6.45) is 5.95. The molecule has 0 unspecified atom stereocenters. The van der Waals surface area contributed by atoms with Crippen LogP contribution in [-0.4, -0.2) is 44.6 Å². The first-order valence-electron chi connectivity index (χ1n) is 7.54. The van der Waals surface area contributed by atoms with Gasteiger partial charge in [-0.15, -0.1) is 0 Å². The molecule has 1 N–H and O–H groups in total. The fraction of sp³-hybridized carbons (Fsp3) is 0.533. The summed E-state index contributed by atoms with van der Waals surface area (Å²) in [5, 5.41) is 8.27. The number of carbonyl (C=O) groups is 1. The Morgan fingerprint density at radius 1 is 1.50 bits per heavy atom. The SMILES string of the molecule is CNc1snc(C)c1C(=O)N1CCC[C@@H]1Cn1cc(C)cn1. The Balaban J connectivity index is 1.80. The van der Waals surface area contributed by atoms with Gasteiger partial charge in [-0.3, -0.25) is 9.48 Å². The molecule has 0 bridgehead atoms. The molecule has 6 nitrogen and oxygen atoms in total. The zero-order valence-electron chi connectivity index (χ0n) is 13.2. The lowest BCUT2D eigenvalue weighted by Crippen LogP contribution is -2.38. The summed E-state index contributed by atoms with van der Waals surface area (Å²) in [7, 11) is 1.83. The van der Waals surface area contributed by atoms with Gasteiger partial charge in [0, 0.05) is 19.8 Å². The number of anilines is 1. The molecule has 2 aromatic heterocycles. The first-order chi connectivity index (χ1) is 10.6. The van der Waals surface area contributed by atoms with Crippen molar-refractivity contribution >= 4 is 22.4 Å². The maximum Gasteiger partial charge on any atom is 0.259 e. The average molecular weight is 319 g/mol. The van der Waals surface area contributed by atoms with E-state index in [0.717, 1.165) is 47.8 Å². The molecule has 1 saturated heterocycles. The summed E-state index contributed by atoms with van der Waals surface area (Å²) in [5.74, 6) is 0.0852. The first-order valence-corrected chi connectivity index (χ1v) is 8.31. The molecule has 1 atom stereocenters. The third kappa shape index (κ3) is 2.72. The first kappa shape index (κ1) is 15.0. The highest BCUT2D eigenvalue weighted by Gasteiger charge is 2.32. The van der Waals surface area contributed by atoms with Crippen LogP contribution in [0.25, 0.3) is 0 Å². The molecule has 22 heavy (non-hydrogen) atoms. The van der Waals surface area contributed by atoms with Crippen molar-refractivity contribution in [3.05, 3.63) is 29.2 Å². The number of nitrogens with one attached hydrogen (secondary N) is 1. The predicted molar refractivity (Wildman–Crippen MR) is 87.4 cm³/mol. The fourth-order valence-electron chi connectivity index (χ4n) is 3.01. The van der Waals surface area contributed by atoms with Gasteiger partial charge in [-0.1, -0.05) is 0 Å². The molecule has 118 valence electrons. The van der Waals surface area contributed by atoms with Crippen molar-refractivity contribution in [1.29, 1.82) is 0 Å². The zero-order chi connectivity index (χ0) is 15.7. The molecule has 1 aliphatic heterocycles. The maximum atomic E-state index is 12.9. The van der Waals surface area contributed by atoms with Gasteiger partial charge in [-0.05, 0) is 43.8 Å². The van der Waals surface area contributed by atoms with E-state index >= 15 is 0 Å². The van der Waals surface area contributed by atoms with Crippen molar-refractivity contribution < 1.29 is 4.79 Å². The van der Waals surface area contributed by atoms with Gasteiger partial charge < -0.3 is 10.2 Å². The maximum absolute atomic E-state index is 12.9. The van der Waals surface area contributed by atoms with Gasteiger partial charge in [0.25, 0.3) is 5.91 Å². The van der Waals surface area contributed by atoms with Gasteiger partial charge in [0.05, 0.1) is 30.0 Å². The van der Waals surface area contributed by atoms with Gasteiger partial charge >= 0.3 is 0 Å². The average Bonchev–Trinajstić information content (AvgIpc) is 3.19. The summed E-state index contributed by atoms with van der Waals surface area (Å²) in [6.45, 7) is 5.49. The van der Waals surface area contributed by atoms with Crippen LogP contribution < -0.4 is 5.32 Å². The van der Waals surface area contributed by atoms with Crippen molar-refractivity contribution in [3.63, 3.8) is 0 Å². The molecule has 3 heterocycles. The molecule has 0 aliphatic carbocycles. The number of rotatable bonds is 4. The minimum atomic E-state index is 0.0852. The number of hydrogen-bond donors (Lipinski definition) is 1. The van der Waals surface area contributed by atoms with Gasteiger partial charge in [0.1, 0.15) is 5.00 Å². The number of carbonyl (C=O) groups excluding carboxylic acids is 1. The topological polar surface area (TPSA) is 63.1 Å². The quantitative estimate of drug-likeness (QED) is 0.939. The van der Waals surface area contributed by atoms with Crippen molar-refractivity contribution in [3.8, 4) is 0 Å². The molecule has 3 rings (SSSR count). The smallest absolute Gasteiger partial charge is 0.259 e. The minimum Gasteiger partial charge on any atom is -0.378 e. The van der Waals surface area contributed by atoms with E-state index in [1.54, 1.807) is 0 Å². The molecule has 0 spiro atoms. The normalized spacial score (nSPS) is 18.0. The summed E-state index contributed by atoms with van der Waals surface area (Å²) in [5.41, 5.74) is 2.67. The Kier molecular flexibility index (Phi) is 4.15. The highest BCUT2D eigenvalue weighted by atomic mass is 32.1. The van der Waals surface area contributed by atoms with E-state index in [1.165, 1.54) is 11.5 Å². The Morgan fingerprint density at radius 3 is 3.00 bits per heavy atom. The van der Waals surface area contributed by atoms with E-state index < -0.39 is 0 Å². The van der Waals surface area contributed by atoms with Crippen molar-refractivity contribution in [1.82, 2.24) is 19.1 Å². The number of amides is 1. The molecular formula is C15H21N5OS. The van der Waals surface area contributed by atoms with E-state index in [1.807, 2.05) is 42.9 Å². The largest absolute Gasteiger partial charge is 0.378 e. The van der Waals surface area contributed by atoms with Crippen LogP contribution >= 0.6 is 11.5 Å². The monoisotopic (exact) mass is 319 g/mol. The van der Waals surface area contributed by atoms with Crippen LogP contribution in [0.15, 0.2) is 12.4 Å². The van der Waals surface area contributed by atoms with E-state index in [2.05, 4.69) is 14.8 Å². The number of aromatic nitrogens is 3. The van der Waals surface area contributed by atoms with Crippen molar-refractivity contribution in [2.24, 2.45) is 0 Å². The number of nitrogens with zero attached hydrogens (tertiary/aromatic N) is 4. The Bertz CT molecular complexity index is 677. The highest BCUT2D eigenvalue weighted by Crippen LogP contribution is 2.29. The second-order valence-electron chi connectivity index (χ2n) is 5.76. The molecule has 1 fully saturated rings. The molecule has 1 aliphatic rings. The second kappa shape index (κ2) is 6.08. The summed E-state index contributed by atoms with van der Waals surface area (Å²) < 4.78 is 6.24. The fourth-order valence-corrected chi connectivity index (χ4v) is 3.75. The minimum absolute atomic E-state index is 0.0852. The zero-order valence-corrected chi connectivity index (χ0v) is 14.0. The lowest BCUT2D eigenvalue weighted by molar-refractivity contribution is 0.0722. The van der Waals surface area contributed by atoms with E-state index in [4.69, 9.17) is 0 Å². The van der Waals surface area contributed by atoms with Crippen LogP contribution in [0.4, 0.5) is 5.00 Å². The summed E-state index contributed by atoms with van der Waals surface area (Å²) >= 11 is 1.35. The molecule has 0 saturated carbocycles. The van der Waals surface area contributed by atoms with Crippen LogP contribution in [0.3, 0.4) is 0 Å². The lowest BCUT2D eigenvalue weighted by Gasteiger charge is -2.25. The number of hydrogen-bond acceptors (Lipinski definition) is 5. The van der Waals surface area contributed by atoms with Crippen LogP contribution in [0, 0.1) is 13.8 Å². The standard InChI is InChI=1S/C15H21N5OS/c1-10-7-17-19(8-10)9-12-5-4-6-20(12)15(21)13-11(2)18-22-14(13)16-3/h7-8,12,16H,4-6,9H2,1-3H3/t12-/m1/s1. The van der Waals surface area contributed by atoms with Crippen LogP contribution in [0.1, 0.15) is 34.5 Å². The van der Waals surface area contributed by atoms with E-state index in [-0.39, 0.29) is 11.9 Å². The molecule has 1 amide bonds. The van der Waals surface area contributed by atoms with Gasteiger partial charge in [0.15, 0.2) is 0 Å². The third-order valence-electron chi connectivity index (χ3n) is 4.10. The van der Waals surface area contributed by atoms with Gasteiger partial charge in [0.2, 0.25) is 0 Å². The molecule has 2 aromatic rings. The van der Waals surface area contributed by atoms with Crippen LogP contribution in [-0.2, 0) is 6.54 Å². The summed E-state index contributed by atoms with van der Waals surface area (Å²) in [6, 6.07) is 0.204. The van der Waals surface area contributed by atoms with E-state index in [9.17, 15) is 4.79 Å². The number of likely N-dealkylation sites (tertiary alicyclic amines) is 1. The second-order valence-corrected chi connectivity index (χ2v) is 6.53. The Hall–Kier alpha value is -1.89. The van der Waals surface area contributed by atoms with Gasteiger partial charge in [-0.2, -0.15) is 9.47 Å². The summed E-state index contributed by atoms with van der Waals surface area (Å²) in [4.78, 5) is 14.9. The lowest BCUT2D eigenvalue weighted by atomic mass is 10.2. The molecule has 0 aromatic carbocycles.